The number of nitrogens with zero attached hydrogens (tertiary/aromatic N) is 2. The minimum atomic E-state index is -0.610. The highest BCUT2D eigenvalue weighted by atomic mass is 19.1. The molecule has 1 aliphatic heterocycles. The second kappa shape index (κ2) is 6.04. The summed E-state index contributed by atoms with van der Waals surface area (Å²) in [7, 11) is 0. The molecule has 2 heterocycles. The topological polar surface area (TPSA) is 49.0 Å². The fourth-order valence-corrected chi connectivity index (χ4v) is 4.00. The van der Waals surface area contributed by atoms with E-state index in [0.717, 1.165) is 50.9 Å². The first-order valence-electron chi connectivity index (χ1n) is 8.72. The summed E-state index contributed by atoms with van der Waals surface area (Å²) in [4.78, 5) is 15.1. The molecular weight excluding hydrogens is 305 g/mol. The van der Waals surface area contributed by atoms with E-state index in [-0.39, 0.29) is 11.7 Å². The molecular formula is C19H22FN3O. The Morgan fingerprint density at radius 3 is 2.88 bits per heavy atom. The Hall–Kier alpha value is -2.17. The van der Waals surface area contributed by atoms with Gasteiger partial charge >= 0.3 is 0 Å². The zero-order valence-corrected chi connectivity index (χ0v) is 13.7. The molecule has 2 fully saturated rings. The Bertz CT molecular complexity index is 724. The number of carbonyl (C=O) groups is 1. The molecule has 0 bridgehead atoms. The SMILES string of the molecule is O=C(N1CCC[C@H](Cc2ccn[nH]2)C1)C1(c2ccccc2F)CC1. The van der Waals surface area contributed by atoms with E-state index in [2.05, 4.69) is 10.2 Å². The highest BCUT2D eigenvalue weighted by Crippen LogP contribution is 2.50. The number of halogens is 1. The van der Waals surface area contributed by atoms with Crippen LogP contribution in [0.25, 0.3) is 0 Å². The fraction of sp³-hybridized carbons (Fsp3) is 0.474. The van der Waals surface area contributed by atoms with E-state index in [1.54, 1.807) is 18.3 Å². The van der Waals surface area contributed by atoms with E-state index >= 15 is 0 Å². The lowest BCUT2D eigenvalue weighted by Gasteiger charge is -2.35. The summed E-state index contributed by atoms with van der Waals surface area (Å²) in [5.41, 5.74) is 1.08. The number of rotatable bonds is 4. The predicted octanol–water partition coefficient (Wildman–Crippen LogP) is 3.06. The van der Waals surface area contributed by atoms with Crippen molar-refractivity contribution in [3.8, 4) is 0 Å². The number of amides is 1. The first-order valence-corrected chi connectivity index (χ1v) is 8.72. The molecule has 1 saturated carbocycles. The third kappa shape index (κ3) is 2.72. The number of aromatic nitrogens is 2. The number of benzene rings is 1. The number of hydrogen-bond donors (Lipinski definition) is 1. The van der Waals surface area contributed by atoms with Gasteiger partial charge in [0.1, 0.15) is 5.82 Å². The smallest absolute Gasteiger partial charge is 0.233 e. The summed E-state index contributed by atoms with van der Waals surface area (Å²) in [6.07, 6.45) is 6.32. The van der Waals surface area contributed by atoms with E-state index in [1.165, 1.54) is 6.07 Å². The average Bonchev–Trinajstić information content (AvgIpc) is 3.25. The van der Waals surface area contributed by atoms with Crippen molar-refractivity contribution in [3.05, 3.63) is 53.6 Å². The van der Waals surface area contributed by atoms with Crippen LogP contribution in [0.2, 0.25) is 0 Å². The largest absolute Gasteiger partial charge is 0.342 e. The van der Waals surface area contributed by atoms with Gasteiger partial charge in [-0.25, -0.2) is 4.39 Å². The molecule has 1 aromatic heterocycles. The zero-order chi connectivity index (χ0) is 16.6. The average molecular weight is 327 g/mol. The molecule has 1 saturated heterocycles. The van der Waals surface area contributed by atoms with Gasteiger partial charge in [0.25, 0.3) is 0 Å². The second-order valence-corrected chi connectivity index (χ2v) is 7.11. The molecule has 4 rings (SSSR count). The number of nitrogens with one attached hydrogen (secondary N) is 1. The van der Waals surface area contributed by atoms with Gasteiger partial charge in [-0.15, -0.1) is 0 Å². The lowest BCUT2D eigenvalue weighted by atomic mass is 9.89. The number of piperidine rings is 1. The van der Waals surface area contributed by atoms with Crippen molar-refractivity contribution < 1.29 is 9.18 Å². The van der Waals surface area contributed by atoms with Crippen molar-refractivity contribution in [2.75, 3.05) is 13.1 Å². The molecule has 1 aromatic carbocycles. The zero-order valence-electron chi connectivity index (χ0n) is 13.7. The van der Waals surface area contributed by atoms with Gasteiger partial charge in [0, 0.05) is 30.5 Å². The summed E-state index contributed by atoms with van der Waals surface area (Å²) in [5.74, 6) is 0.302. The maximum atomic E-state index is 14.2. The lowest BCUT2D eigenvalue weighted by molar-refractivity contribution is -0.135. The molecule has 2 aromatic rings. The molecule has 1 aliphatic carbocycles. The van der Waals surface area contributed by atoms with E-state index < -0.39 is 5.41 Å². The minimum Gasteiger partial charge on any atom is -0.342 e. The van der Waals surface area contributed by atoms with Crippen molar-refractivity contribution in [3.63, 3.8) is 0 Å². The first-order chi connectivity index (χ1) is 11.7. The molecule has 2 aliphatic rings. The molecule has 5 heteroatoms. The molecule has 1 atom stereocenters. The van der Waals surface area contributed by atoms with Crippen molar-refractivity contribution in [1.82, 2.24) is 15.1 Å². The van der Waals surface area contributed by atoms with Crippen LogP contribution >= 0.6 is 0 Å². The van der Waals surface area contributed by atoms with Crippen LogP contribution in [-0.4, -0.2) is 34.1 Å². The van der Waals surface area contributed by atoms with Gasteiger partial charge < -0.3 is 4.90 Å². The Labute approximate surface area is 141 Å². The van der Waals surface area contributed by atoms with Crippen LogP contribution in [0.3, 0.4) is 0 Å². The standard InChI is InChI=1S/C19H22FN3O/c20-17-6-2-1-5-16(17)19(8-9-19)18(24)23-11-3-4-14(13-23)12-15-7-10-21-22-15/h1-2,5-7,10,14H,3-4,8-9,11-13H2,(H,21,22)/t14-/m1/s1. The predicted molar refractivity (Wildman–Crippen MR) is 88.9 cm³/mol. The van der Waals surface area contributed by atoms with Gasteiger partial charge in [-0.3, -0.25) is 9.89 Å². The number of likely N-dealkylation sites (tertiary alicyclic amines) is 1. The van der Waals surface area contributed by atoms with Crippen molar-refractivity contribution in [2.45, 2.75) is 37.5 Å². The Morgan fingerprint density at radius 1 is 1.33 bits per heavy atom. The molecule has 24 heavy (non-hydrogen) atoms. The second-order valence-electron chi connectivity index (χ2n) is 7.11. The van der Waals surface area contributed by atoms with Gasteiger partial charge in [0.05, 0.1) is 5.41 Å². The van der Waals surface area contributed by atoms with E-state index in [0.29, 0.717) is 11.5 Å². The third-order valence-electron chi connectivity index (χ3n) is 5.42. The molecule has 0 spiro atoms. The quantitative estimate of drug-likeness (QED) is 0.938. The Balaban J connectivity index is 1.49. The molecule has 4 nitrogen and oxygen atoms in total. The number of carbonyl (C=O) groups excluding carboxylic acids is 1. The highest BCUT2D eigenvalue weighted by molar-refractivity contribution is 5.91. The van der Waals surface area contributed by atoms with Crippen LogP contribution in [0.15, 0.2) is 36.5 Å². The lowest BCUT2D eigenvalue weighted by Crippen LogP contribution is -2.45. The Morgan fingerprint density at radius 2 is 2.17 bits per heavy atom. The van der Waals surface area contributed by atoms with Crippen LogP contribution in [0.5, 0.6) is 0 Å². The van der Waals surface area contributed by atoms with Gasteiger partial charge in [-0.1, -0.05) is 18.2 Å². The van der Waals surface area contributed by atoms with Gasteiger partial charge in [0.2, 0.25) is 5.91 Å². The van der Waals surface area contributed by atoms with Crippen LogP contribution in [0.4, 0.5) is 4.39 Å². The van der Waals surface area contributed by atoms with Crippen molar-refractivity contribution in [1.29, 1.82) is 0 Å². The van der Waals surface area contributed by atoms with E-state index in [4.69, 9.17) is 0 Å². The third-order valence-corrected chi connectivity index (χ3v) is 5.42. The van der Waals surface area contributed by atoms with E-state index in [9.17, 15) is 9.18 Å². The molecule has 0 radical (unpaired) electrons. The Kier molecular flexibility index (Phi) is 3.87. The van der Waals surface area contributed by atoms with Gasteiger partial charge in [0.15, 0.2) is 0 Å². The van der Waals surface area contributed by atoms with Gasteiger partial charge in [-0.2, -0.15) is 5.10 Å². The van der Waals surface area contributed by atoms with Crippen molar-refractivity contribution >= 4 is 5.91 Å². The van der Waals surface area contributed by atoms with Gasteiger partial charge in [-0.05, 0) is 50.2 Å². The monoisotopic (exact) mass is 327 g/mol. The first kappa shape index (κ1) is 15.4. The summed E-state index contributed by atoms with van der Waals surface area (Å²) in [6.45, 7) is 1.54. The summed E-state index contributed by atoms with van der Waals surface area (Å²) in [5, 5.41) is 6.99. The van der Waals surface area contributed by atoms with Crippen LogP contribution in [0, 0.1) is 11.7 Å². The molecule has 1 amide bonds. The van der Waals surface area contributed by atoms with Crippen molar-refractivity contribution in [2.24, 2.45) is 5.92 Å². The minimum absolute atomic E-state index is 0.113. The highest BCUT2D eigenvalue weighted by Gasteiger charge is 2.54. The van der Waals surface area contributed by atoms with E-state index in [1.807, 2.05) is 17.0 Å². The van der Waals surface area contributed by atoms with Crippen LogP contribution < -0.4 is 0 Å². The molecule has 1 N–H and O–H groups in total. The molecule has 126 valence electrons. The fourth-order valence-electron chi connectivity index (χ4n) is 4.00. The number of aromatic amines is 1. The summed E-state index contributed by atoms with van der Waals surface area (Å²) < 4.78 is 14.2. The normalized spacial score (nSPS) is 22.4. The summed E-state index contributed by atoms with van der Waals surface area (Å²) in [6, 6.07) is 8.72. The summed E-state index contributed by atoms with van der Waals surface area (Å²) >= 11 is 0. The van der Waals surface area contributed by atoms with Crippen LogP contribution in [0.1, 0.15) is 36.9 Å². The number of H-pyrrole nitrogens is 1. The van der Waals surface area contributed by atoms with Crippen LogP contribution in [-0.2, 0) is 16.6 Å². The molecule has 0 unspecified atom stereocenters. The maximum absolute atomic E-state index is 14.2. The maximum Gasteiger partial charge on any atom is 0.233 e. The number of hydrogen-bond acceptors (Lipinski definition) is 2.